The zero-order chi connectivity index (χ0) is 13.0. The van der Waals surface area contributed by atoms with E-state index in [4.69, 9.17) is 4.74 Å². The molecule has 0 saturated heterocycles. The van der Waals surface area contributed by atoms with E-state index in [1.807, 2.05) is 31.2 Å². The van der Waals surface area contributed by atoms with Crippen LogP contribution >= 0.6 is 0 Å². The minimum absolute atomic E-state index is 0.0147. The number of benzene rings is 1. The fraction of sp³-hybridized carbons (Fsp3) is 0.500. The molecule has 0 heterocycles. The Labute approximate surface area is 107 Å². The fourth-order valence-corrected chi connectivity index (χ4v) is 1.86. The highest BCUT2D eigenvalue weighted by atomic mass is 16.5. The van der Waals surface area contributed by atoms with Crippen LogP contribution in [0.25, 0.3) is 0 Å². The van der Waals surface area contributed by atoms with Crippen molar-refractivity contribution >= 4 is 5.91 Å². The Morgan fingerprint density at radius 1 is 1.39 bits per heavy atom. The van der Waals surface area contributed by atoms with Crippen molar-refractivity contribution < 1.29 is 14.6 Å². The predicted octanol–water partition coefficient (Wildman–Crippen LogP) is 1.41. The number of carbonyl (C=O) groups excluding carboxylic acids is 1. The average Bonchev–Trinajstić information content (AvgIpc) is 2.33. The molecule has 1 aromatic carbocycles. The first-order chi connectivity index (χ1) is 8.57. The van der Waals surface area contributed by atoms with Crippen LogP contribution in [0.1, 0.15) is 24.8 Å². The molecule has 4 nitrogen and oxygen atoms in total. The first-order valence-electron chi connectivity index (χ1n) is 6.26. The van der Waals surface area contributed by atoms with E-state index in [1.54, 1.807) is 0 Å². The lowest BCUT2D eigenvalue weighted by Gasteiger charge is -2.36. The standard InChI is InChI=1S/C14H19NO3/c1-11-3-5-12(6-4-11)18-9-13(16)15-10-14(17)7-2-8-14/h3-6,17H,2,7-10H2,1H3,(H,15,16). The number of aryl methyl sites for hydroxylation is 1. The van der Waals surface area contributed by atoms with Crippen molar-refractivity contribution in [3.8, 4) is 5.75 Å². The maximum Gasteiger partial charge on any atom is 0.258 e. The average molecular weight is 249 g/mol. The van der Waals surface area contributed by atoms with Crippen molar-refractivity contribution in [2.45, 2.75) is 31.8 Å². The Hall–Kier alpha value is -1.55. The van der Waals surface area contributed by atoms with Gasteiger partial charge in [-0.3, -0.25) is 4.79 Å². The minimum atomic E-state index is -0.681. The van der Waals surface area contributed by atoms with Gasteiger partial charge in [-0.15, -0.1) is 0 Å². The van der Waals surface area contributed by atoms with Gasteiger partial charge in [0.1, 0.15) is 5.75 Å². The summed E-state index contributed by atoms with van der Waals surface area (Å²) < 4.78 is 5.35. The van der Waals surface area contributed by atoms with Crippen molar-refractivity contribution in [2.75, 3.05) is 13.2 Å². The van der Waals surface area contributed by atoms with Gasteiger partial charge in [-0.05, 0) is 38.3 Å². The summed E-state index contributed by atoms with van der Waals surface area (Å²) in [6.07, 6.45) is 2.57. The van der Waals surface area contributed by atoms with Gasteiger partial charge >= 0.3 is 0 Å². The number of carbonyl (C=O) groups is 1. The molecule has 2 N–H and O–H groups in total. The summed E-state index contributed by atoms with van der Waals surface area (Å²) in [5.74, 6) is 0.481. The van der Waals surface area contributed by atoms with Crippen LogP contribution in [0.5, 0.6) is 5.75 Å². The summed E-state index contributed by atoms with van der Waals surface area (Å²) in [5, 5.41) is 12.5. The third kappa shape index (κ3) is 3.47. The van der Waals surface area contributed by atoms with E-state index < -0.39 is 5.60 Å². The lowest BCUT2D eigenvalue weighted by Crippen LogP contribution is -2.48. The van der Waals surface area contributed by atoms with Gasteiger partial charge in [-0.2, -0.15) is 0 Å². The zero-order valence-corrected chi connectivity index (χ0v) is 10.6. The number of hydrogen-bond donors (Lipinski definition) is 2. The molecule has 0 unspecified atom stereocenters. The van der Waals surface area contributed by atoms with Gasteiger partial charge in [0.25, 0.3) is 5.91 Å². The lowest BCUT2D eigenvalue weighted by atomic mass is 9.80. The monoisotopic (exact) mass is 249 g/mol. The molecule has 1 aliphatic rings. The molecule has 1 fully saturated rings. The molecule has 1 aromatic rings. The van der Waals surface area contributed by atoms with E-state index in [0.29, 0.717) is 12.3 Å². The van der Waals surface area contributed by atoms with Gasteiger partial charge in [-0.25, -0.2) is 0 Å². The van der Waals surface area contributed by atoms with Crippen molar-refractivity contribution in [3.63, 3.8) is 0 Å². The summed E-state index contributed by atoms with van der Waals surface area (Å²) in [6.45, 7) is 2.30. The van der Waals surface area contributed by atoms with Crippen LogP contribution in [0, 0.1) is 6.92 Å². The van der Waals surface area contributed by atoms with Crippen molar-refractivity contribution in [2.24, 2.45) is 0 Å². The molecule has 0 atom stereocenters. The Morgan fingerprint density at radius 3 is 2.61 bits per heavy atom. The zero-order valence-electron chi connectivity index (χ0n) is 10.6. The van der Waals surface area contributed by atoms with Crippen molar-refractivity contribution in [1.29, 1.82) is 0 Å². The normalized spacial score (nSPS) is 16.8. The summed E-state index contributed by atoms with van der Waals surface area (Å²) in [7, 11) is 0. The second-order valence-corrected chi connectivity index (χ2v) is 4.96. The van der Waals surface area contributed by atoms with Gasteiger partial charge < -0.3 is 15.2 Å². The van der Waals surface area contributed by atoms with Crippen LogP contribution in [-0.2, 0) is 4.79 Å². The molecule has 2 rings (SSSR count). The van der Waals surface area contributed by atoms with E-state index in [1.165, 1.54) is 0 Å². The molecule has 1 amide bonds. The van der Waals surface area contributed by atoms with E-state index >= 15 is 0 Å². The molecule has 0 spiro atoms. The Morgan fingerprint density at radius 2 is 2.06 bits per heavy atom. The second-order valence-electron chi connectivity index (χ2n) is 4.96. The SMILES string of the molecule is Cc1ccc(OCC(=O)NCC2(O)CCC2)cc1. The maximum atomic E-state index is 11.5. The second kappa shape index (κ2) is 5.40. The molecule has 0 bridgehead atoms. The Bertz CT molecular complexity index is 410. The molecular formula is C14H19NO3. The van der Waals surface area contributed by atoms with Crippen LogP contribution in [0.2, 0.25) is 0 Å². The Kier molecular flexibility index (Phi) is 3.87. The molecule has 18 heavy (non-hydrogen) atoms. The quantitative estimate of drug-likeness (QED) is 0.829. The number of aliphatic hydroxyl groups is 1. The fourth-order valence-electron chi connectivity index (χ4n) is 1.86. The van der Waals surface area contributed by atoms with Crippen LogP contribution < -0.4 is 10.1 Å². The number of hydrogen-bond acceptors (Lipinski definition) is 3. The molecule has 0 radical (unpaired) electrons. The summed E-state index contributed by atoms with van der Waals surface area (Å²) in [4.78, 5) is 11.5. The lowest BCUT2D eigenvalue weighted by molar-refractivity contribution is -0.125. The molecule has 0 aliphatic heterocycles. The summed E-state index contributed by atoms with van der Waals surface area (Å²) in [6, 6.07) is 7.54. The van der Waals surface area contributed by atoms with E-state index in [-0.39, 0.29) is 12.5 Å². The highest BCUT2D eigenvalue weighted by Crippen LogP contribution is 2.30. The number of rotatable bonds is 5. The first-order valence-corrected chi connectivity index (χ1v) is 6.26. The van der Waals surface area contributed by atoms with Crippen LogP contribution in [-0.4, -0.2) is 29.8 Å². The van der Waals surface area contributed by atoms with Crippen LogP contribution in [0.15, 0.2) is 24.3 Å². The summed E-state index contributed by atoms with van der Waals surface area (Å²) >= 11 is 0. The highest BCUT2D eigenvalue weighted by Gasteiger charge is 2.34. The van der Waals surface area contributed by atoms with Gasteiger partial charge in [0.05, 0.1) is 5.60 Å². The predicted molar refractivity (Wildman–Crippen MR) is 68.5 cm³/mol. The van der Waals surface area contributed by atoms with Crippen LogP contribution in [0.4, 0.5) is 0 Å². The van der Waals surface area contributed by atoms with Gasteiger partial charge in [0.15, 0.2) is 6.61 Å². The first kappa shape index (κ1) is 12.9. The van der Waals surface area contributed by atoms with Crippen molar-refractivity contribution in [3.05, 3.63) is 29.8 Å². The largest absolute Gasteiger partial charge is 0.484 e. The topological polar surface area (TPSA) is 58.6 Å². The highest BCUT2D eigenvalue weighted by molar-refractivity contribution is 5.77. The smallest absolute Gasteiger partial charge is 0.258 e. The van der Waals surface area contributed by atoms with Crippen molar-refractivity contribution in [1.82, 2.24) is 5.32 Å². The molecular weight excluding hydrogens is 230 g/mol. The van der Waals surface area contributed by atoms with E-state index in [2.05, 4.69) is 5.32 Å². The Balaban J connectivity index is 1.69. The third-order valence-electron chi connectivity index (χ3n) is 3.29. The van der Waals surface area contributed by atoms with E-state index in [0.717, 1.165) is 24.8 Å². The molecule has 1 aliphatic carbocycles. The number of nitrogens with one attached hydrogen (secondary N) is 1. The van der Waals surface area contributed by atoms with Crippen LogP contribution in [0.3, 0.4) is 0 Å². The van der Waals surface area contributed by atoms with Gasteiger partial charge in [-0.1, -0.05) is 17.7 Å². The van der Waals surface area contributed by atoms with E-state index in [9.17, 15) is 9.90 Å². The summed E-state index contributed by atoms with van der Waals surface area (Å²) in [5.41, 5.74) is 0.471. The minimum Gasteiger partial charge on any atom is -0.484 e. The van der Waals surface area contributed by atoms with Gasteiger partial charge in [0.2, 0.25) is 0 Å². The molecule has 98 valence electrons. The number of ether oxygens (including phenoxy) is 1. The molecule has 1 saturated carbocycles. The number of amides is 1. The third-order valence-corrected chi connectivity index (χ3v) is 3.29. The molecule has 4 heteroatoms. The molecule has 0 aromatic heterocycles. The maximum absolute atomic E-state index is 11.5. The van der Waals surface area contributed by atoms with Gasteiger partial charge in [0, 0.05) is 6.54 Å².